The van der Waals surface area contributed by atoms with E-state index in [1.54, 1.807) is 4.90 Å². The van der Waals surface area contributed by atoms with Crippen LogP contribution in [-0.4, -0.2) is 37.8 Å². The van der Waals surface area contributed by atoms with Crippen molar-refractivity contribution in [1.82, 2.24) is 19.8 Å². The van der Waals surface area contributed by atoms with Crippen LogP contribution >= 0.6 is 15.9 Å². The molecule has 32 heavy (non-hydrogen) atoms. The van der Waals surface area contributed by atoms with Gasteiger partial charge >= 0.3 is 0 Å². The maximum Gasteiger partial charge on any atom is 0.291 e. The Morgan fingerprint density at radius 3 is 2.72 bits per heavy atom. The quantitative estimate of drug-likeness (QED) is 0.573. The van der Waals surface area contributed by atoms with Crippen molar-refractivity contribution >= 4 is 38.8 Å². The number of carbonyl (C=O) groups is 2. The summed E-state index contributed by atoms with van der Waals surface area (Å²) in [6, 6.07) is 15.8. The normalized spacial score (nSPS) is 21.6. The van der Waals surface area contributed by atoms with Crippen LogP contribution in [0.3, 0.4) is 0 Å². The van der Waals surface area contributed by atoms with Crippen molar-refractivity contribution in [1.29, 1.82) is 0 Å². The Hall–Kier alpha value is -2.67. The van der Waals surface area contributed by atoms with Crippen LogP contribution in [0.4, 0.5) is 0 Å². The molecule has 1 aliphatic heterocycles. The molecule has 2 heterocycles. The zero-order chi connectivity index (χ0) is 22.3. The Labute approximate surface area is 196 Å². The third-order valence-electron chi connectivity index (χ3n) is 6.81. The molecule has 2 aliphatic rings. The summed E-state index contributed by atoms with van der Waals surface area (Å²) < 4.78 is 2.86. The Morgan fingerprint density at radius 2 is 1.94 bits per heavy atom. The van der Waals surface area contributed by atoms with E-state index in [4.69, 9.17) is 0 Å². The van der Waals surface area contributed by atoms with Gasteiger partial charge in [-0.15, -0.1) is 0 Å². The highest BCUT2D eigenvalue weighted by molar-refractivity contribution is 9.10. The first-order chi connectivity index (χ1) is 15.5. The average Bonchev–Trinajstić information content (AvgIpc) is 3.16. The second kappa shape index (κ2) is 8.35. The molecule has 7 heteroatoms. The molecule has 1 aliphatic carbocycles. The summed E-state index contributed by atoms with van der Waals surface area (Å²) in [5.74, 6) is 0.0917. The van der Waals surface area contributed by atoms with Crippen molar-refractivity contribution in [3.05, 3.63) is 64.4 Å². The van der Waals surface area contributed by atoms with Gasteiger partial charge in [0.25, 0.3) is 5.91 Å². The predicted octanol–water partition coefficient (Wildman–Crippen LogP) is 4.66. The lowest BCUT2D eigenvalue weighted by atomic mass is 9.91. The van der Waals surface area contributed by atoms with E-state index < -0.39 is 5.54 Å². The highest BCUT2D eigenvalue weighted by Gasteiger charge is 2.48. The molecule has 0 spiro atoms. The van der Waals surface area contributed by atoms with E-state index in [1.807, 2.05) is 60.0 Å². The summed E-state index contributed by atoms with van der Waals surface area (Å²) >= 11 is 3.52. The Balaban J connectivity index is 1.55. The lowest BCUT2D eigenvalue weighted by molar-refractivity contribution is -0.134. The fourth-order valence-electron chi connectivity index (χ4n) is 4.98. The number of nitrogens with zero attached hydrogens (tertiary/aromatic N) is 3. The number of hydrogen-bond acceptors (Lipinski definition) is 3. The molecule has 2 aromatic carbocycles. The van der Waals surface area contributed by atoms with Crippen LogP contribution in [0, 0.1) is 0 Å². The van der Waals surface area contributed by atoms with Crippen LogP contribution in [-0.2, 0) is 17.9 Å². The summed E-state index contributed by atoms with van der Waals surface area (Å²) in [5.41, 5.74) is 1.60. The number of rotatable bonds is 4. The molecule has 3 aromatic rings. The molecule has 1 atom stereocenters. The van der Waals surface area contributed by atoms with Gasteiger partial charge in [-0.25, -0.2) is 4.98 Å². The Kier molecular flexibility index (Phi) is 5.53. The Morgan fingerprint density at radius 1 is 1.16 bits per heavy atom. The summed E-state index contributed by atoms with van der Waals surface area (Å²) in [5, 5.41) is 3.27. The number of amides is 2. The first-order valence-corrected chi connectivity index (χ1v) is 12.1. The molecule has 2 amide bonds. The molecule has 1 N–H and O–H groups in total. The van der Waals surface area contributed by atoms with E-state index in [1.165, 1.54) is 6.42 Å². The number of halogens is 1. The average molecular weight is 495 g/mol. The van der Waals surface area contributed by atoms with Crippen LogP contribution < -0.4 is 5.32 Å². The van der Waals surface area contributed by atoms with Gasteiger partial charge in [0, 0.05) is 17.1 Å². The van der Waals surface area contributed by atoms with Crippen molar-refractivity contribution in [2.24, 2.45) is 0 Å². The molecule has 0 bridgehead atoms. The minimum absolute atomic E-state index is 0.0869. The number of aromatic nitrogens is 2. The van der Waals surface area contributed by atoms with Gasteiger partial charge < -0.3 is 14.8 Å². The zero-order valence-electron chi connectivity index (χ0n) is 18.2. The molecule has 1 unspecified atom stereocenters. The smallest absolute Gasteiger partial charge is 0.291 e. The largest absolute Gasteiger partial charge is 0.351 e. The number of benzene rings is 2. The van der Waals surface area contributed by atoms with E-state index in [2.05, 4.69) is 26.2 Å². The van der Waals surface area contributed by atoms with Gasteiger partial charge in [-0.2, -0.15) is 0 Å². The predicted molar refractivity (Wildman–Crippen MR) is 127 cm³/mol. The molecule has 0 saturated heterocycles. The van der Waals surface area contributed by atoms with Gasteiger partial charge in [0.2, 0.25) is 5.91 Å². The summed E-state index contributed by atoms with van der Waals surface area (Å²) in [4.78, 5) is 33.8. The molecule has 5 rings (SSSR count). The van der Waals surface area contributed by atoms with Crippen molar-refractivity contribution in [3.8, 4) is 0 Å². The maximum atomic E-state index is 13.7. The van der Waals surface area contributed by atoms with E-state index >= 15 is 0 Å². The highest BCUT2D eigenvalue weighted by Crippen LogP contribution is 2.32. The van der Waals surface area contributed by atoms with Gasteiger partial charge in [-0.05, 0) is 49.6 Å². The second-order valence-electron chi connectivity index (χ2n) is 9.11. The molecule has 1 aromatic heterocycles. The number of para-hydroxylation sites is 2. The van der Waals surface area contributed by atoms with Crippen LogP contribution in [0.2, 0.25) is 0 Å². The molecule has 1 fully saturated rings. The van der Waals surface area contributed by atoms with E-state index in [9.17, 15) is 9.59 Å². The molecule has 6 nitrogen and oxygen atoms in total. The third kappa shape index (κ3) is 3.72. The Bertz CT molecular complexity index is 1180. The van der Waals surface area contributed by atoms with Crippen LogP contribution in [0.5, 0.6) is 0 Å². The summed E-state index contributed by atoms with van der Waals surface area (Å²) in [6.07, 6.45) is 5.50. The van der Waals surface area contributed by atoms with E-state index in [0.29, 0.717) is 18.9 Å². The number of carbonyl (C=O) groups excluding carboxylic acids is 2. The van der Waals surface area contributed by atoms with Crippen molar-refractivity contribution in [2.45, 2.75) is 63.7 Å². The second-order valence-corrected chi connectivity index (χ2v) is 10.0. The zero-order valence-corrected chi connectivity index (χ0v) is 19.8. The van der Waals surface area contributed by atoms with Gasteiger partial charge in [0.15, 0.2) is 5.82 Å². The van der Waals surface area contributed by atoms with Crippen molar-refractivity contribution < 1.29 is 9.59 Å². The lowest BCUT2D eigenvalue weighted by Gasteiger charge is -2.44. The van der Waals surface area contributed by atoms with Crippen LogP contribution in [0.25, 0.3) is 11.0 Å². The number of imidazole rings is 1. The molecule has 0 radical (unpaired) electrons. The number of nitrogens with one attached hydrogen (secondary N) is 1. The van der Waals surface area contributed by atoms with Crippen LogP contribution in [0.15, 0.2) is 53.0 Å². The minimum atomic E-state index is -1.02. The SMILES string of the molecule is CC1(C(=O)NC2CCCCC2)Cn2c(nc3ccccc32)C(=O)N1Cc1cccc(Br)c1. The highest BCUT2D eigenvalue weighted by atomic mass is 79.9. The summed E-state index contributed by atoms with van der Waals surface area (Å²) in [6.45, 7) is 2.61. The van der Waals surface area contributed by atoms with E-state index in [-0.39, 0.29) is 17.9 Å². The maximum absolute atomic E-state index is 13.7. The first-order valence-electron chi connectivity index (χ1n) is 11.3. The fourth-order valence-corrected chi connectivity index (χ4v) is 5.43. The van der Waals surface area contributed by atoms with Gasteiger partial charge in [0.05, 0.1) is 17.6 Å². The van der Waals surface area contributed by atoms with Crippen LogP contribution in [0.1, 0.15) is 55.2 Å². The number of fused-ring (bicyclic) bond motifs is 3. The fraction of sp³-hybridized carbons (Fsp3) is 0.400. The van der Waals surface area contributed by atoms with Gasteiger partial charge in [-0.1, -0.05) is 59.5 Å². The molecule has 1 saturated carbocycles. The molecular weight excluding hydrogens is 468 g/mol. The first kappa shape index (κ1) is 21.2. The lowest BCUT2D eigenvalue weighted by Crippen LogP contribution is -2.64. The number of hydrogen-bond donors (Lipinski definition) is 1. The third-order valence-corrected chi connectivity index (χ3v) is 7.31. The summed E-state index contributed by atoms with van der Waals surface area (Å²) in [7, 11) is 0. The van der Waals surface area contributed by atoms with Gasteiger partial charge in [0.1, 0.15) is 5.54 Å². The van der Waals surface area contributed by atoms with Crippen molar-refractivity contribution in [3.63, 3.8) is 0 Å². The minimum Gasteiger partial charge on any atom is -0.351 e. The molecule has 166 valence electrons. The molecular formula is C25H27BrN4O2. The van der Waals surface area contributed by atoms with Gasteiger partial charge in [-0.3, -0.25) is 9.59 Å². The monoisotopic (exact) mass is 494 g/mol. The van der Waals surface area contributed by atoms with E-state index in [0.717, 1.165) is 46.8 Å². The standard InChI is InChI=1S/C25H27BrN4O2/c1-25(24(32)27-19-10-3-2-4-11-19)16-29-21-13-6-5-12-20(21)28-22(29)23(31)30(25)15-17-8-7-9-18(26)14-17/h5-9,12-14,19H,2-4,10-11,15-16H2,1H3,(H,27,32). The van der Waals surface area contributed by atoms with Crippen molar-refractivity contribution in [2.75, 3.05) is 0 Å². The topological polar surface area (TPSA) is 67.2 Å².